The Labute approximate surface area is 97.0 Å². The van der Waals surface area contributed by atoms with E-state index in [2.05, 4.69) is 34.0 Å². The third-order valence-electron chi connectivity index (χ3n) is 2.45. The lowest BCUT2D eigenvalue weighted by molar-refractivity contribution is 0.779. The average Bonchev–Trinajstić information content (AvgIpc) is 2.53. The van der Waals surface area contributed by atoms with Gasteiger partial charge in [-0.2, -0.15) is 5.10 Å². The Morgan fingerprint density at radius 2 is 2.13 bits per heavy atom. The highest BCUT2D eigenvalue weighted by Gasteiger charge is 2.07. The number of hydrogen-bond donors (Lipinski definition) is 1. The molecule has 78 valence electrons. The van der Waals surface area contributed by atoms with E-state index in [1.807, 2.05) is 19.2 Å². The van der Waals surface area contributed by atoms with Crippen LogP contribution in [0.25, 0.3) is 11.1 Å². The number of aryl methyl sites for hydroxylation is 2. The Morgan fingerprint density at radius 3 is 2.67 bits per heavy atom. The van der Waals surface area contributed by atoms with Crippen LogP contribution in [0.3, 0.4) is 0 Å². The second kappa shape index (κ2) is 3.70. The first-order valence-corrected chi connectivity index (χ1v) is 5.43. The minimum absolute atomic E-state index is 0.691. The molecule has 0 bridgehead atoms. The maximum absolute atomic E-state index is 5.91. The number of aromatic nitrogens is 2. The summed E-state index contributed by atoms with van der Waals surface area (Å²) in [5, 5.41) is 4.12. The number of hydrogen-bond acceptors (Lipinski definition) is 2. The van der Waals surface area contributed by atoms with Gasteiger partial charge in [-0.3, -0.25) is 4.68 Å². The number of rotatable bonds is 1. The summed E-state index contributed by atoms with van der Waals surface area (Å²) in [6.45, 7) is 2.06. The van der Waals surface area contributed by atoms with Gasteiger partial charge in [0.15, 0.2) is 0 Å². The topological polar surface area (TPSA) is 43.8 Å². The fraction of sp³-hybridized carbons (Fsp3) is 0.182. The maximum Gasteiger partial charge on any atom is 0.129 e. The number of nitrogen functional groups attached to an aromatic ring is 1. The first-order chi connectivity index (χ1) is 7.09. The first-order valence-electron chi connectivity index (χ1n) is 4.63. The van der Waals surface area contributed by atoms with E-state index in [0.29, 0.717) is 5.82 Å². The molecule has 0 radical (unpaired) electrons. The van der Waals surface area contributed by atoms with Crippen molar-refractivity contribution in [1.82, 2.24) is 9.78 Å². The van der Waals surface area contributed by atoms with Crippen molar-refractivity contribution in [2.45, 2.75) is 6.92 Å². The number of nitrogens with zero attached hydrogens (tertiary/aromatic N) is 2. The quantitative estimate of drug-likeness (QED) is 0.862. The summed E-state index contributed by atoms with van der Waals surface area (Å²) in [6.07, 6.45) is 1.79. The van der Waals surface area contributed by atoms with Crippen LogP contribution in [0.4, 0.5) is 5.82 Å². The van der Waals surface area contributed by atoms with E-state index in [0.717, 1.165) is 15.6 Å². The van der Waals surface area contributed by atoms with E-state index in [1.165, 1.54) is 5.56 Å². The highest BCUT2D eigenvalue weighted by atomic mass is 79.9. The lowest BCUT2D eigenvalue weighted by Gasteiger charge is -2.03. The third-order valence-corrected chi connectivity index (χ3v) is 3.34. The van der Waals surface area contributed by atoms with Gasteiger partial charge in [-0.25, -0.2) is 0 Å². The molecule has 0 atom stereocenters. The van der Waals surface area contributed by atoms with Crippen LogP contribution in [-0.2, 0) is 7.05 Å². The molecular formula is C11H12BrN3. The first kappa shape index (κ1) is 10.2. The zero-order valence-electron chi connectivity index (χ0n) is 8.66. The summed E-state index contributed by atoms with van der Waals surface area (Å²) >= 11 is 3.47. The van der Waals surface area contributed by atoms with E-state index in [4.69, 9.17) is 5.73 Å². The molecule has 0 unspecified atom stereocenters. The van der Waals surface area contributed by atoms with Crippen LogP contribution >= 0.6 is 15.9 Å². The van der Waals surface area contributed by atoms with Crippen molar-refractivity contribution in [3.8, 4) is 11.1 Å². The van der Waals surface area contributed by atoms with Crippen molar-refractivity contribution in [3.63, 3.8) is 0 Å². The van der Waals surface area contributed by atoms with E-state index in [1.54, 1.807) is 10.9 Å². The van der Waals surface area contributed by atoms with Gasteiger partial charge in [-0.15, -0.1) is 0 Å². The monoisotopic (exact) mass is 265 g/mol. The molecule has 0 aliphatic carbocycles. The molecule has 2 N–H and O–H groups in total. The molecule has 3 nitrogen and oxygen atoms in total. The second-order valence-electron chi connectivity index (χ2n) is 3.53. The number of halogens is 1. The smallest absolute Gasteiger partial charge is 0.129 e. The Balaban J connectivity index is 2.55. The van der Waals surface area contributed by atoms with Gasteiger partial charge in [0.2, 0.25) is 0 Å². The summed E-state index contributed by atoms with van der Waals surface area (Å²) in [7, 11) is 1.84. The lowest BCUT2D eigenvalue weighted by atomic mass is 10.1. The molecule has 0 saturated carbocycles. The summed E-state index contributed by atoms with van der Waals surface area (Å²) in [5.41, 5.74) is 9.18. The summed E-state index contributed by atoms with van der Waals surface area (Å²) in [5.74, 6) is 0.691. The van der Waals surface area contributed by atoms with Gasteiger partial charge in [0.25, 0.3) is 0 Å². The summed E-state index contributed by atoms with van der Waals surface area (Å²) in [4.78, 5) is 0. The molecule has 2 aromatic rings. The summed E-state index contributed by atoms with van der Waals surface area (Å²) < 4.78 is 2.78. The van der Waals surface area contributed by atoms with E-state index in [9.17, 15) is 0 Å². The van der Waals surface area contributed by atoms with E-state index >= 15 is 0 Å². The molecule has 1 heterocycles. The van der Waals surface area contributed by atoms with Crippen LogP contribution in [0.1, 0.15) is 5.56 Å². The highest BCUT2D eigenvalue weighted by Crippen LogP contribution is 2.28. The SMILES string of the molecule is Cc1cc(-c2cnn(C)c2N)ccc1Br. The number of benzene rings is 1. The molecule has 1 aromatic heterocycles. The fourth-order valence-electron chi connectivity index (χ4n) is 1.48. The molecular weight excluding hydrogens is 254 g/mol. The average molecular weight is 266 g/mol. The Hall–Kier alpha value is -1.29. The van der Waals surface area contributed by atoms with Crippen LogP contribution in [-0.4, -0.2) is 9.78 Å². The Kier molecular flexibility index (Phi) is 2.52. The van der Waals surface area contributed by atoms with Crippen LogP contribution in [0.15, 0.2) is 28.9 Å². The molecule has 0 aliphatic rings. The highest BCUT2D eigenvalue weighted by molar-refractivity contribution is 9.10. The molecule has 2 rings (SSSR count). The van der Waals surface area contributed by atoms with Crippen LogP contribution in [0, 0.1) is 6.92 Å². The molecule has 1 aromatic carbocycles. The molecule has 0 aliphatic heterocycles. The van der Waals surface area contributed by atoms with Crippen LogP contribution < -0.4 is 5.73 Å². The van der Waals surface area contributed by atoms with Gasteiger partial charge in [-0.05, 0) is 24.1 Å². The van der Waals surface area contributed by atoms with Crippen molar-refractivity contribution < 1.29 is 0 Å². The van der Waals surface area contributed by atoms with Gasteiger partial charge in [0.1, 0.15) is 5.82 Å². The van der Waals surface area contributed by atoms with Gasteiger partial charge < -0.3 is 5.73 Å². The standard InChI is InChI=1S/C11H12BrN3/c1-7-5-8(3-4-10(7)12)9-6-14-15(2)11(9)13/h3-6H,13H2,1-2H3. The van der Waals surface area contributed by atoms with Crippen molar-refractivity contribution in [2.75, 3.05) is 5.73 Å². The van der Waals surface area contributed by atoms with Gasteiger partial charge in [-0.1, -0.05) is 28.1 Å². The minimum atomic E-state index is 0.691. The molecule has 0 fully saturated rings. The Morgan fingerprint density at radius 1 is 1.40 bits per heavy atom. The number of anilines is 1. The van der Waals surface area contributed by atoms with Gasteiger partial charge in [0, 0.05) is 17.1 Å². The third kappa shape index (κ3) is 1.77. The predicted molar refractivity (Wildman–Crippen MR) is 65.5 cm³/mol. The lowest BCUT2D eigenvalue weighted by Crippen LogP contribution is -1.98. The van der Waals surface area contributed by atoms with Crippen molar-refractivity contribution in [1.29, 1.82) is 0 Å². The van der Waals surface area contributed by atoms with E-state index < -0.39 is 0 Å². The van der Waals surface area contributed by atoms with Crippen molar-refractivity contribution in [2.24, 2.45) is 7.05 Å². The molecule has 0 amide bonds. The van der Waals surface area contributed by atoms with Gasteiger partial charge >= 0.3 is 0 Å². The molecule has 15 heavy (non-hydrogen) atoms. The maximum atomic E-state index is 5.91. The normalized spacial score (nSPS) is 10.6. The predicted octanol–water partition coefficient (Wildman–Crippen LogP) is 2.74. The Bertz CT molecular complexity index is 503. The zero-order chi connectivity index (χ0) is 11.0. The summed E-state index contributed by atoms with van der Waals surface area (Å²) in [6, 6.07) is 6.15. The van der Waals surface area contributed by atoms with Crippen LogP contribution in [0.5, 0.6) is 0 Å². The fourth-order valence-corrected chi connectivity index (χ4v) is 1.73. The minimum Gasteiger partial charge on any atom is -0.383 e. The molecule has 4 heteroatoms. The van der Waals surface area contributed by atoms with Crippen LogP contribution in [0.2, 0.25) is 0 Å². The van der Waals surface area contributed by atoms with Crippen molar-refractivity contribution >= 4 is 21.7 Å². The van der Waals surface area contributed by atoms with Crippen molar-refractivity contribution in [3.05, 3.63) is 34.4 Å². The van der Waals surface area contributed by atoms with Gasteiger partial charge in [0.05, 0.1) is 6.20 Å². The zero-order valence-corrected chi connectivity index (χ0v) is 10.2. The largest absolute Gasteiger partial charge is 0.383 e. The molecule has 0 spiro atoms. The number of nitrogens with two attached hydrogens (primary N) is 1. The van der Waals surface area contributed by atoms with E-state index in [-0.39, 0.29) is 0 Å². The second-order valence-corrected chi connectivity index (χ2v) is 4.39. The molecule has 0 saturated heterocycles.